The molecule has 0 aromatic carbocycles. The van der Waals surface area contributed by atoms with Crippen molar-refractivity contribution in [2.24, 2.45) is 13.0 Å². The molecule has 0 saturated heterocycles. The first-order valence-electron chi connectivity index (χ1n) is 6.81. The summed E-state index contributed by atoms with van der Waals surface area (Å²) < 4.78 is 2.54. The fourth-order valence-corrected chi connectivity index (χ4v) is 3.23. The molecule has 0 unspecified atom stereocenters. The number of halogens is 1. The second-order valence-corrected chi connectivity index (χ2v) is 6.34. The Morgan fingerprint density at radius 2 is 2.20 bits per heavy atom. The molecule has 20 heavy (non-hydrogen) atoms. The summed E-state index contributed by atoms with van der Waals surface area (Å²) in [6.45, 7) is 0.894. The van der Waals surface area contributed by atoms with Crippen LogP contribution in [-0.4, -0.2) is 51.3 Å². The number of hydrogen-bond acceptors (Lipinski definition) is 5. The predicted molar refractivity (Wildman–Crippen MR) is 82.7 cm³/mol. The van der Waals surface area contributed by atoms with E-state index in [1.807, 2.05) is 7.05 Å². The molecule has 0 spiro atoms. The van der Waals surface area contributed by atoms with Crippen LogP contribution in [-0.2, 0) is 7.05 Å². The average molecular weight is 339 g/mol. The molecular weight excluding hydrogens is 320 g/mol. The zero-order valence-corrected chi connectivity index (χ0v) is 13.6. The molecule has 6 nitrogen and oxygen atoms in total. The second kappa shape index (κ2) is 5.29. The van der Waals surface area contributed by atoms with Gasteiger partial charge in [-0.25, -0.2) is 14.6 Å². The Morgan fingerprint density at radius 3 is 2.85 bits per heavy atom. The number of likely N-dealkylation sites (N-methyl/N-ethyl adjacent to an activating group) is 1. The molecule has 2 aromatic heterocycles. The topological polar surface area (TPSA) is 58.9 Å². The van der Waals surface area contributed by atoms with Gasteiger partial charge in [-0.05, 0) is 48.8 Å². The highest BCUT2D eigenvalue weighted by atomic mass is 79.9. The van der Waals surface area contributed by atoms with Gasteiger partial charge in [0, 0.05) is 19.6 Å². The molecule has 1 aliphatic rings. The number of nitrogens with one attached hydrogen (secondary N) is 1. The highest BCUT2D eigenvalue weighted by Gasteiger charge is 2.32. The standard InChI is InChI=1S/C13H19BrN6/c1-19(2)9(8-4-5-8)6-15-12-10-11(14)18-20(3)13(10)17-7-16-12/h7-9H,4-6H2,1-3H3,(H,15,16,17)/t9-/m0/s1. The summed E-state index contributed by atoms with van der Waals surface area (Å²) in [7, 11) is 6.16. The number of hydrogen-bond donors (Lipinski definition) is 1. The van der Waals surface area contributed by atoms with Crippen molar-refractivity contribution in [2.75, 3.05) is 26.0 Å². The molecule has 0 radical (unpaired) electrons. The van der Waals surface area contributed by atoms with Crippen LogP contribution in [0.25, 0.3) is 11.0 Å². The van der Waals surface area contributed by atoms with Crippen LogP contribution >= 0.6 is 15.9 Å². The monoisotopic (exact) mass is 338 g/mol. The summed E-state index contributed by atoms with van der Waals surface area (Å²) in [5, 5.41) is 8.76. The van der Waals surface area contributed by atoms with Crippen LogP contribution in [0.2, 0.25) is 0 Å². The molecule has 0 amide bonds. The minimum atomic E-state index is 0.551. The van der Waals surface area contributed by atoms with Crippen molar-refractivity contribution in [1.82, 2.24) is 24.6 Å². The van der Waals surface area contributed by atoms with Gasteiger partial charge in [-0.3, -0.25) is 0 Å². The zero-order chi connectivity index (χ0) is 14.3. The van der Waals surface area contributed by atoms with E-state index in [1.54, 1.807) is 11.0 Å². The second-order valence-electron chi connectivity index (χ2n) is 5.58. The van der Waals surface area contributed by atoms with Crippen LogP contribution < -0.4 is 5.32 Å². The lowest BCUT2D eigenvalue weighted by Crippen LogP contribution is -2.36. The van der Waals surface area contributed by atoms with E-state index in [0.717, 1.165) is 33.9 Å². The van der Waals surface area contributed by atoms with Gasteiger partial charge in [0.2, 0.25) is 0 Å². The lowest BCUT2D eigenvalue weighted by atomic mass is 10.1. The number of aromatic nitrogens is 4. The molecule has 1 atom stereocenters. The third kappa shape index (κ3) is 2.52. The molecule has 2 heterocycles. The van der Waals surface area contributed by atoms with E-state index in [4.69, 9.17) is 0 Å². The first kappa shape index (κ1) is 13.8. The van der Waals surface area contributed by atoms with Gasteiger partial charge < -0.3 is 10.2 Å². The van der Waals surface area contributed by atoms with Crippen LogP contribution in [0.15, 0.2) is 10.9 Å². The number of anilines is 1. The maximum Gasteiger partial charge on any atom is 0.164 e. The highest BCUT2D eigenvalue weighted by Crippen LogP contribution is 2.35. The first-order chi connectivity index (χ1) is 9.58. The molecule has 2 aromatic rings. The summed E-state index contributed by atoms with van der Waals surface area (Å²) in [5.41, 5.74) is 0.835. The van der Waals surface area contributed by atoms with Gasteiger partial charge in [-0.2, -0.15) is 5.10 Å². The quantitative estimate of drug-likeness (QED) is 0.901. The Balaban J connectivity index is 1.83. The smallest absolute Gasteiger partial charge is 0.164 e. The Hall–Kier alpha value is -1.21. The minimum absolute atomic E-state index is 0.551. The summed E-state index contributed by atoms with van der Waals surface area (Å²) in [4.78, 5) is 10.9. The van der Waals surface area contributed by atoms with E-state index >= 15 is 0 Å². The van der Waals surface area contributed by atoms with Crippen molar-refractivity contribution < 1.29 is 0 Å². The maximum atomic E-state index is 4.37. The van der Waals surface area contributed by atoms with Gasteiger partial charge in [0.05, 0.1) is 5.39 Å². The number of nitrogens with zero attached hydrogens (tertiary/aromatic N) is 5. The lowest BCUT2D eigenvalue weighted by molar-refractivity contribution is 0.276. The minimum Gasteiger partial charge on any atom is -0.368 e. The van der Waals surface area contributed by atoms with Gasteiger partial charge >= 0.3 is 0 Å². The highest BCUT2D eigenvalue weighted by molar-refractivity contribution is 9.10. The number of fused-ring (bicyclic) bond motifs is 1. The van der Waals surface area contributed by atoms with Crippen LogP contribution in [0.4, 0.5) is 5.82 Å². The molecular formula is C13H19BrN6. The van der Waals surface area contributed by atoms with E-state index < -0.39 is 0 Å². The predicted octanol–water partition coefficient (Wildman–Crippen LogP) is 1.88. The van der Waals surface area contributed by atoms with Crippen molar-refractivity contribution >= 4 is 32.8 Å². The third-order valence-electron chi connectivity index (χ3n) is 3.89. The zero-order valence-electron chi connectivity index (χ0n) is 12.0. The van der Waals surface area contributed by atoms with Crippen molar-refractivity contribution in [1.29, 1.82) is 0 Å². The maximum absolute atomic E-state index is 4.37. The van der Waals surface area contributed by atoms with Gasteiger partial charge in [0.15, 0.2) is 5.65 Å². The Bertz CT molecular complexity index is 617. The molecule has 1 fully saturated rings. The summed E-state index contributed by atoms with van der Waals surface area (Å²) >= 11 is 3.48. The average Bonchev–Trinajstić information content (AvgIpc) is 3.18. The van der Waals surface area contributed by atoms with Crippen LogP contribution in [0, 0.1) is 5.92 Å². The van der Waals surface area contributed by atoms with E-state index in [9.17, 15) is 0 Å². The Labute approximate surface area is 126 Å². The fraction of sp³-hybridized carbons (Fsp3) is 0.615. The van der Waals surface area contributed by atoms with E-state index in [2.05, 4.69) is 55.3 Å². The molecule has 1 aliphatic carbocycles. The van der Waals surface area contributed by atoms with E-state index in [-0.39, 0.29) is 0 Å². The summed E-state index contributed by atoms with van der Waals surface area (Å²) in [6, 6.07) is 0.551. The van der Waals surface area contributed by atoms with Gasteiger partial charge in [0.1, 0.15) is 16.7 Å². The van der Waals surface area contributed by atoms with Crippen molar-refractivity contribution in [2.45, 2.75) is 18.9 Å². The molecule has 0 aliphatic heterocycles. The van der Waals surface area contributed by atoms with Crippen LogP contribution in [0.1, 0.15) is 12.8 Å². The Kier molecular flexibility index (Phi) is 3.64. The first-order valence-corrected chi connectivity index (χ1v) is 7.60. The van der Waals surface area contributed by atoms with Gasteiger partial charge in [-0.15, -0.1) is 0 Å². The molecule has 1 N–H and O–H groups in total. The fourth-order valence-electron chi connectivity index (χ4n) is 2.63. The lowest BCUT2D eigenvalue weighted by Gasteiger charge is -2.24. The summed E-state index contributed by atoms with van der Waals surface area (Å²) in [5.74, 6) is 1.66. The van der Waals surface area contributed by atoms with Crippen molar-refractivity contribution in [3.8, 4) is 0 Å². The molecule has 0 bridgehead atoms. The molecule has 108 valence electrons. The largest absolute Gasteiger partial charge is 0.368 e. The van der Waals surface area contributed by atoms with Gasteiger partial charge in [0.25, 0.3) is 0 Å². The molecule has 3 rings (SSSR count). The van der Waals surface area contributed by atoms with E-state index in [1.165, 1.54) is 12.8 Å². The normalized spacial score (nSPS) is 16.9. The van der Waals surface area contributed by atoms with E-state index in [0.29, 0.717) is 6.04 Å². The van der Waals surface area contributed by atoms with Gasteiger partial charge in [-0.1, -0.05) is 0 Å². The molecule has 1 saturated carbocycles. The third-order valence-corrected chi connectivity index (χ3v) is 4.44. The Morgan fingerprint density at radius 1 is 1.45 bits per heavy atom. The molecule has 7 heteroatoms. The SMILES string of the molecule is CN(C)[C@@H](CNc1ncnc2c1c(Br)nn2C)C1CC1. The van der Waals surface area contributed by atoms with Crippen LogP contribution in [0.5, 0.6) is 0 Å². The van der Waals surface area contributed by atoms with Crippen molar-refractivity contribution in [3.05, 3.63) is 10.9 Å². The van der Waals surface area contributed by atoms with Crippen molar-refractivity contribution in [3.63, 3.8) is 0 Å². The summed E-state index contributed by atoms with van der Waals surface area (Å²) in [6.07, 6.45) is 4.25. The number of rotatable bonds is 5. The van der Waals surface area contributed by atoms with Crippen LogP contribution in [0.3, 0.4) is 0 Å². The number of aryl methyl sites for hydroxylation is 1.